The second-order valence-corrected chi connectivity index (χ2v) is 9.64. The summed E-state index contributed by atoms with van der Waals surface area (Å²) in [6.45, 7) is -0.660. The summed E-state index contributed by atoms with van der Waals surface area (Å²) in [6.07, 6.45) is -1.45. The predicted molar refractivity (Wildman–Crippen MR) is 150 cm³/mol. The molecule has 14 heteroatoms. The molecular formula is C29H28F5N7O2. The van der Waals surface area contributed by atoms with Crippen molar-refractivity contribution >= 4 is 17.2 Å². The lowest BCUT2D eigenvalue weighted by atomic mass is 9.97. The molecule has 0 amide bonds. The molecule has 1 unspecified atom stereocenters. The van der Waals surface area contributed by atoms with Gasteiger partial charge in [0.15, 0.2) is 17.5 Å². The Labute approximate surface area is 243 Å². The smallest absolute Gasteiger partial charge is 0.396 e. The predicted octanol–water partition coefficient (Wildman–Crippen LogP) is 4.79. The van der Waals surface area contributed by atoms with Crippen LogP contribution in [-0.4, -0.2) is 50.8 Å². The van der Waals surface area contributed by atoms with Gasteiger partial charge in [0.25, 0.3) is 0 Å². The van der Waals surface area contributed by atoms with Crippen molar-refractivity contribution in [2.24, 2.45) is 10.7 Å². The molecule has 0 fully saturated rings. The number of anilines is 1. The molecular weight excluding hydrogens is 573 g/mol. The summed E-state index contributed by atoms with van der Waals surface area (Å²) in [6, 6.07) is 14.6. The van der Waals surface area contributed by atoms with E-state index < -0.39 is 48.4 Å². The Morgan fingerprint density at radius 2 is 1.79 bits per heavy atom. The molecule has 226 valence electrons. The summed E-state index contributed by atoms with van der Waals surface area (Å²) in [7, 11) is 0. The third-order valence-corrected chi connectivity index (χ3v) is 6.48. The third kappa shape index (κ3) is 7.78. The van der Waals surface area contributed by atoms with E-state index >= 15 is 0 Å². The highest BCUT2D eigenvalue weighted by Crippen LogP contribution is 2.33. The highest BCUT2D eigenvalue weighted by atomic mass is 19.4. The van der Waals surface area contributed by atoms with Gasteiger partial charge in [0.05, 0.1) is 36.8 Å². The summed E-state index contributed by atoms with van der Waals surface area (Å²) in [4.78, 5) is 12.2. The van der Waals surface area contributed by atoms with Gasteiger partial charge in [-0.2, -0.15) is 13.2 Å². The Morgan fingerprint density at radius 3 is 2.44 bits per heavy atom. The number of rotatable bonds is 12. The molecule has 9 nitrogen and oxygen atoms in total. The Morgan fingerprint density at radius 1 is 1.07 bits per heavy atom. The number of aliphatic hydroxyl groups is 1. The fourth-order valence-corrected chi connectivity index (χ4v) is 3.98. The number of aromatic nitrogens is 3. The van der Waals surface area contributed by atoms with Crippen LogP contribution < -0.4 is 16.4 Å². The SMILES string of the molecule is C[C@](CNc1nc(C(N)=CC(=NCc2ccccc2F)c2ccon2)ncc1F)(NC(CO)c1ccccc1)C(F)(F)F. The summed E-state index contributed by atoms with van der Waals surface area (Å²) in [5.41, 5.74) is 4.59. The van der Waals surface area contributed by atoms with Crippen LogP contribution in [0, 0.1) is 11.6 Å². The lowest BCUT2D eigenvalue weighted by Crippen LogP contribution is -2.60. The third-order valence-electron chi connectivity index (χ3n) is 6.48. The van der Waals surface area contributed by atoms with Gasteiger partial charge in [-0.3, -0.25) is 10.3 Å². The van der Waals surface area contributed by atoms with Crippen LogP contribution in [-0.2, 0) is 6.54 Å². The summed E-state index contributed by atoms with van der Waals surface area (Å²) >= 11 is 0. The number of halogens is 5. The minimum Gasteiger partial charge on any atom is -0.396 e. The molecule has 0 aliphatic heterocycles. The monoisotopic (exact) mass is 601 g/mol. The number of benzene rings is 2. The molecule has 5 N–H and O–H groups in total. The Kier molecular flexibility index (Phi) is 9.83. The van der Waals surface area contributed by atoms with E-state index in [1.165, 1.54) is 30.5 Å². The highest BCUT2D eigenvalue weighted by Gasteiger charge is 2.52. The molecule has 2 aromatic heterocycles. The minimum atomic E-state index is -4.81. The maximum absolute atomic E-state index is 14.7. The summed E-state index contributed by atoms with van der Waals surface area (Å²) in [5.74, 6) is -2.24. The fourth-order valence-electron chi connectivity index (χ4n) is 3.98. The first-order valence-corrected chi connectivity index (χ1v) is 12.9. The number of aliphatic hydroxyl groups excluding tert-OH is 1. The fraction of sp³-hybridized carbons (Fsp3) is 0.241. The minimum absolute atomic E-state index is 0.0728. The quantitative estimate of drug-likeness (QED) is 0.135. The molecule has 0 aliphatic carbocycles. The van der Waals surface area contributed by atoms with E-state index in [2.05, 4.69) is 30.8 Å². The van der Waals surface area contributed by atoms with Gasteiger partial charge in [-0.05, 0) is 24.6 Å². The normalized spacial score (nSPS) is 14.8. The molecule has 0 saturated heterocycles. The average molecular weight is 602 g/mol. The van der Waals surface area contributed by atoms with Crippen molar-refractivity contribution < 1.29 is 31.6 Å². The zero-order chi connectivity index (χ0) is 31.0. The van der Waals surface area contributed by atoms with E-state index in [0.29, 0.717) is 11.1 Å². The molecule has 0 spiro atoms. The van der Waals surface area contributed by atoms with Crippen LogP contribution in [0.2, 0.25) is 0 Å². The van der Waals surface area contributed by atoms with Gasteiger partial charge in [-0.25, -0.2) is 18.7 Å². The zero-order valence-corrected chi connectivity index (χ0v) is 22.8. The standard InChI is InChI=1S/C29H28F5N7O2/c1-28(29(32,33)34,40-25(16-42)18-7-3-2-4-8-18)17-38-26-21(31)15-37-27(39-26)22(35)13-24(23-11-12-43-41-23)36-14-19-9-5-6-10-20(19)30/h2-13,15,25,40,42H,14,16-17,35H2,1H3,(H,37,38,39)/t25?,28-/m1/s1. The van der Waals surface area contributed by atoms with Crippen LogP contribution in [0.3, 0.4) is 0 Å². The van der Waals surface area contributed by atoms with Gasteiger partial charge in [0.2, 0.25) is 0 Å². The maximum Gasteiger partial charge on any atom is 0.408 e. The van der Waals surface area contributed by atoms with E-state index in [4.69, 9.17) is 10.3 Å². The van der Waals surface area contributed by atoms with Crippen molar-refractivity contribution in [2.45, 2.75) is 31.2 Å². The van der Waals surface area contributed by atoms with E-state index in [-0.39, 0.29) is 29.5 Å². The second-order valence-electron chi connectivity index (χ2n) is 9.64. The Hall–Kier alpha value is -4.69. The molecule has 2 heterocycles. The van der Waals surface area contributed by atoms with E-state index in [1.54, 1.807) is 42.5 Å². The van der Waals surface area contributed by atoms with Crippen molar-refractivity contribution in [1.29, 1.82) is 0 Å². The molecule has 2 atom stereocenters. The van der Waals surface area contributed by atoms with Gasteiger partial charge in [-0.15, -0.1) is 0 Å². The van der Waals surface area contributed by atoms with E-state index in [9.17, 15) is 27.1 Å². The zero-order valence-electron chi connectivity index (χ0n) is 22.8. The molecule has 43 heavy (non-hydrogen) atoms. The van der Waals surface area contributed by atoms with Gasteiger partial charge in [0.1, 0.15) is 23.3 Å². The maximum atomic E-state index is 14.7. The first-order chi connectivity index (χ1) is 20.5. The number of nitrogens with two attached hydrogens (primary N) is 1. The number of hydrogen-bond donors (Lipinski definition) is 4. The number of hydrogen-bond acceptors (Lipinski definition) is 9. The van der Waals surface area contributed by atoms with Gasteiger partial charge >= 0.3 is 6.18 Å². The number of aliphatic imine (C=N–C) groups is 1. The molecule has 4 rings (SSSR count). The van der Waals surface area contributed by atoms with Gasteiger partial charge in [-0.1, -0.05) is 53.7 Å². The van der Waals surface area contributed by atoms with Crippen LogP contribution in [0.15, 0.2) is 88.7 Å². The van der Waals surface area contributed by atoms with Gasteiger partial charge in [0, 0.05) is 18.2 Å². The lowest BCUT2D eigenvalue weighted by molar-refractivity contribution is -0.190. The molecule has 0 bridgehead atoms. The van der Waals surface area contributed by atoms with Crippen LogP contribution in [0.25, 0.3) is 5.70 Å². The van der Waals surface area contributed by atoms with Crippen molar-refractivity contribution in [3.63, 3.8) is 0 Å². The highest BCUT2D eigenvalue weighted by molar-refractivity contribution is 6.10. The van der Waals surface area contributed by atoms with Crippen LogP contribution in [0.4, 0.5) is 27.8 Å². The molecule has 2 aromatic carbocycles. The van der Waals surface area contributed by atoms with E-state index in [0.717, 1.165) is 13.1 Å². The second kappa shape index (κ2) is 13.5. The summed E-state index contributed by atoms with van der Waals surface area (Å²) in [5, 5.41) is 18.5. The van der Waals surface area contributed by atoms with Crippen LogP contribution in [0.1, 0.15) is 35.6 Å². The number of alkyl halides is 3. The first-order valence-electron chi connectivity index (χ1n) is 12.9. The number of allylic oxidation sites excluding steroid dienone is 1. The van der Waals surface area contributed by atoms with Crippen molar-refractivity contribution in [1.82, 2.24) is 20.4 Å². The topological polar surface area (TPSA) is 134 Å². The van der Waals surface area contributed by atoms with Crippen LogP contribution in [0.5, 0.6) is 0 Å². The van der Waals surface area contributed by atoms with Crippen LogP contribution >= 0.6 is 0 Å². The lowest BCUT2D eigenvalue weighted by Gasteiger charge is -2.36. The largest absolute Gasteiger partial charge is 0.408 e. The Bertz CT molecular complexity index is 1560. The average Bonchev–Trinajstić information content (AvgIpc) is 3.53. The first kappa shape index (κ1) is 31.3. The molecule has 0 aliphatic rings. The van der Waals surface area contributed by atoms with Crippen molar-refractivity contribution in [2.75, 3.05) is 18.5 Å². The Balaban J connectivity index is 1.58. The van der Waals surface area contributed by atoms with Crippen molar-refractivity contribution in [3.05, 3.63) is 113 Å². The number of nitrogens with zero attached hydrogens (tertiary/aromatic N) is 4. The van der Waals surface area contributed by atoms with Gasteiger partial charge < -0.3 is 20.7 Å². The number of nitrogens with one attached hydrogen (secondary N) is 2. The van der Waals surface area contributed by atoms with E-state index in [1.807, 2.05) is 0 Å². The summed E-state index contributed by atoms with van der Waals surface area (Å²) < 4.78 is 76.3. The van der Waals surface area contributed by atoms with Crippen molar-refractivity contribution in [3.8, 4) is 0 Å². The molecule has 0 saturated carbocycles. The molecule has 0 radical (unpaired) electrons. The molecule has 4 aromatic rings.